The summed E-state index contributed by atoms with van der Waals surface area (Å²) in [4.78, 5) is 12.5. The predicted octanol–water partition coefficient (Wildman–Crippen LogP) is 1.47. The van der Waals surface area contributed by atoms with Gasteiger partial charge in [0.15, 0.2) is 11.5 Å². The highest BCUT2D eigenvalue weighted by Crippen LogP contribution is 2.33. The maximum atomic E-state index is 12.3. The largest absolute Gasteiger partial charge is 0.486 e. The van der Waals surface area contributed by atoms with Crippen LogP contribution in [0.1, 0.15) is 15.9 Å². The minimum Gasteiger partial charge on any atom is -0.486 e. The van der Waals surface area contributed by atoms with Gasteiger partial charge < -0.3 is 14.8 Å². The molecule has 0 fully saturated rings. The van der Waals surface area contributed by atoms with Crippen LogP contribution in [0, 0.1) is 6.92 Å². The Balaban J connectivity index is 1.55. The van der Waals surface area contributed by atoms with Crippen molar-refractivity contribution in [1.29, 1.82) is 0 Å². The van der Waals surface area contributed by atoms with Gasteiger partial charge in [-0.2, -0.15) is 0 Å². The highest BCUT2D eigenvalue weighted by molar-refractivity contribution is 7.89. The van der Waals surface area contributed by atoms with E-state index in [1.807, 2.05) is 6.92 Å². The lowest BCUT2D eigenvalue weighted by molar-refractivity contribution is 0.0943. The molecule has 0 aromatic heterocycles. The van der Waals surface area contributed by atoms with E-state index < -0.39 is 10.0 Å². The van der Waals surface area contributed by atoms with Crippen molar-refractivity contribution in [1.82, 2.24) is 10.0 Å². The van der Waals surface area contributed by atoms with Gasteiger partial charge in [-0.3, -0.25) is 4.79 Å². The number of hydrogen-bond acceptors (Lipinski definition) is 5. The van der Waals surface area contributed by atoms with E-state index in [1.165, 1.54) is 0 Å². The monoisotopic (exact) mass is 376 g/mol. The first-order chi connectivity index (χ1) is 12.5. The predicted molar refractivity (Wildman–Crippen MR) is 96.1 cm³/mol. The van der Waals surface area contributed by atoms with Gasteiger partial charge in [-0.1, -0.05) is 23.8 Å². The SMILES string of the molecule is Cc1ccc(S(=O)(=O)NCCNC(=O)c2cccc3c2OCCO3)cc1. The summed E-state index contributed by atoms with van der Waals surface area (Å²) in [6, 6.07) is 11.6. The molecule has 0 atom stereocenters. The zero-order chi connectivity index (χ0) is 18.6. The van der Waals surface area contributed by atoms with Crippen LogP contribution in [-0.4, -0.2) is 40.6 Å². The average molecular weight is 376 g/mol. The van der Waals surface area contributed by atoms with Gasteiger partial charge in [0.25, 0.3) is 5.91 Å². The number of rotatable bonds is 6. The molecule has 7 nitrogen and oxygen atoms in total. The first-order valence-corrected chi connectivity index (χ1v) is 9.69. The van der Waals surface area contributed by atoms with Crippen molar-refractivity contribution in [2.45, 2.75) is 11.8 Å². The molecule has 2 aromatic rings. The number of sulfonamides is 1. The lowest BCUT2D eigenvalue weighted by Gasteiger charge is -2.20. The summed E-state index contributed by atoms with van der Waals surface area (Å²) in [5, 5.41) is 2.68. The number of fused-ring (bicyclic) bond motifs is 1. The Labute approximate surface area is 152 Å². The summed E-state index contributed by atoms with van der Waals surface area (Å²) in [6.45, 7) is 2.94. The molecule has 1 aliphatic heterocycles. The van der Waals surface area contributed by atoms with Crippen molar-refractivity contribution in [2.24, 2.45) is 0 Å². The van der Waals surface area contributed by atoms with Gasteiger partial charge in [0.2, 0.25) is 10.0 Å². The molecule has 0 unspecified atom stereocenters. The van der Waals surface area contributed by atoms with E-state index >= 15 is 0 Å². The Morgan fingerprint density at radius 2 is 1.77 bits per heavy atom. The second kappa shape index (κ2) is 7.76. The molecule has 8 heteroatoms. The van der Waals surface area contributed by atoms with Crippen LogP contribution in [0.4, 0.5) is 0 Å². The van der Waals surface area contributed by atoms with E-state index in [1.54, 1.807) is 42.5 Å². The van der Waals surface area contributed by atoms with E-state index in [4.69, 9.17) is 9.47 Å². The molecular formula is C18H20N2O5S. The van der Waals surface area contributed by atoms with Crippen molar-refractivity contribution >= 4 is 15.9 Å². The van der Waals surface area contributed by atoms with Gasteiger partial charge in [0.05, 0.1) is 10.5 Å². The number of nitrogens with one attached hydrogen (secondary N) is 2. The third-order valence-electron chi connectivity index (χ3n) is 3.84. The van der Waals surface area contributed by atoms with Gasteiger partial charge in [-0.05, 0) is 31.2 Å². The number of hydrogen-bond donors (Lipinski definition) is 2. The minimum absolute atomic E-state index is 0.0777. The van der Waals surface area contributed by atoms with E-state index in [0.29, 0.717) is 30.3 Å². The number of para-hydroxylation sites is 1. The molecule has 0 aliphatic carbocycles. The fraction of sp³-hybridized carbons (Fsp3) is 0.278. The zero-order valence-electron chi connectivity index (χ0n) is 14.3. The minimum atomic E-state index is -3.60. The number of aryl methyl sites for hydroxylation is 1. The molecule has 0 bridgehead atoms. The summed E-state index contributed by atoms with van der Waals surface area (Å²) in [6.07, 6.45) is 0. The molecule has 3 rings (SSSR count). The molecule has 0 saturated heterocycles. The summed E-state index contributed by atoms with van der Waals surface area (Å²) < 4.78 is 37.8. The van der Waals surface area contributed by atoms with Crippen LogP contribution in [0.15, 0.2) is 47.4 Å². The Kier molecular flexibility index (Phi) is 5.43. The molecule has 1 aliphatic rings. The molecule has 0 radical (unpaired) electrons. The molecule has 2 aromatic carbocycles. The standard InChI is InChI=1S/C18H20N2O5S/c1-13-5-7-14(8-6-13)26(22,23)20-10-9-19-18(21)15-3-2-4-16-17(15)25-12-11-24-16/h2-8,20H,9-12H2,1H3,(H,19,21). The van der Waals surface area contributed by atoms with Crippen molar-refractivity contribution in [3.8, 4) is 11.5 Å². The maximum Gasteiger partial charge on any atom is 0.255 e. The van der Waals surface area contributed by atoms with E-state index in [-0.39, 0.29) is 23.9 Å². The average Bonchev–Trinajstić information content (AvgIpc) is 2.65. The molecule has 1 amide bonds. The summed E-state index contributed by atoms with van der Waals surface area (Å²) in [5.41, 5.74) is 1.34. The molecule has 1 heterocycles. The highest BCUT2D eigenvalue weighted by Gasteiger charge is 2.20. The van der Waals surface area contributed by atoms with Crippen molar-refractivity contribution in [3.05, 3.63) is 53.6 Å². The van der Waals surface area contributed by atoms with Gasteiger partial charge >= 0.3 is 0 Å². The van der Waals surface area contributed by atoms with Crippen LogP contribution in [0.2, 0.25) is 0 Å². The van der Waals surface area contributed by atoms with Gasteiger partial charge in [-0.15, -0.1) is 0 Å². The molecule has 0 saturated carbocycles. The first-order valence-electron chi connectivity index (χ1n) is 8.20. The molecular weight excluding hydrogens is 356 g/mol. The van der Waals surface area contributed by atoms with Crippen LogP contribution in [0.25, 0.3) is 0 Å². The summed E-state index contributed by atoms with van der Waals surface area (Å²) >= 11 is 0. The number of benzene rings is 2. The van der Waals surface area contributed by atoms with Crippen LogP contribution in [-0.2, 0) is 10.0 Å². The normalized spacial score (nSPS) is 13.3. The van der Waals surface area contributed by atoms with Crippen LogP contribution >= 0.6 is 0 Å². The number of carbonyl (C=O) groups excluding carboxylic acids is 1. The van der Waals surface area contributed by atoms with Crippen molar-refractivity contribution in [3.63, 3.8) is 0 Å². The smallest absolute Gasteiger partial charge is 0.255 e. The number of carbonyl (C=O) groups is 1. The van der Waals surface area contributed by atoms with Crippen molar-refractivity contribution < 1.29 is 22.7 Å². The number of amides is 1. The lowest BCUT2D eigenvalue weighted by Crippen LogP contribution is -2.35. The lowest BCUT2D eigenvalue weighted by atomic mass is 10.1. The fourth-order valence-electron chi connectivity index (χ4n) is 2.51. The summed E-state index contributed by atoms with van der Waals surface area (Å²) in [7, 11) is -3.60. The Morgan fingerprint density at radius 3 is 2.54 bits per heavy atom. The molecule has 0 spiro atoms. The third kappa shape index (κ3) is 4.14. The van der Waals surface area contributed by atoms with Gasteiger partial charge in [0, 0.05) is 13.1 Å². The second-order valence-corrected chi connectivity index (χ2v) is 7.56. The first kappa shape index (κ1) is 18.2. The molecule has 2 N–H and O–H groups in total. The van der Waals surface area contributed by atoms with Crippen LogP contribution < -0.4 is 19.5 Å². The zero-order valence-corrected chi connectivity index (χ0v) is 15.1. The van der Waals surface area contributed by atoms with E-state index in [9.17, 15) is 13.2 Å². The number of ether oxygens (including phenoxy) is 2. The highest BCUT2D eigenvalue weighted by atomic mass is 32.2. The molecule has 138 valence electrons. The second-order valence-electron chi connectivity index (χ2n) is 5.80. The summed E-state index contributed by atoms with van der Waals surface area (Å²) in [5.74, 6) is 0.599. The molecule has 26 heavy (non-hydrogen) atoms. The van der Waals surface area contributed by atoms with Crippen LogP contribution in [0.5, 0.6) is 11.5 Å². The van der Waals surface area contributed by atoms with Crippen molar-refractivity contribution in [2.75, 3.05) is 26.3 Å². The Hall–Kier alpha value is -2.58. The Morgan fingerprint density at radius 1 is 1.04 bits per heavy atom. The third-order valence-corrected chi connectivity index (χ3v) is 5.32. The van der Waals surface area contributed by atoms with Gasteiger partial charge in [-0.25, -0.2) is 13.1 Å². The Bertz CT molecular complexity index is 894. The van der Waals surface area contributed by atoms with E-state index in [0.717, 1.165) is 5.56 Å². The topological polar surface area (TPSA) is 93.7 Å². The van der Waals surface area contributed by atoms with E-state index in [2.05, 4.69) is 10.0 Å². The van der Waals surface area contributed by atoms with Crippen LogP contribution in [0.3, 0.4) is 0 Å². The fourth-order valence-corrected chi connectivity index (χ4v) is 3.54. The van der Waals surface area contributed by atoms with Gasteiger partial charge in [0.1, 0.15) is 13.2 Å². The quantitative estimate of drug-likeness (QED) is 0.745. The maximum absolute atomic E-state index is 12.3.